The van der Waals surface area contributed by atoms with E-state index in [9.17, 15) is 14.7 Å². The summed E-state index contributed by atoms with van der Waals surface area (Å²) in [6, 6.07) is 0. The van der Waals surface area contributed by atoms with Crippen molar-refractivity contribution >= 4 is 23.6 Å². The van der Waals surface area contributed by atoms with Crippen LogP contribution < -0.4 is 0 Å². The number of amides is 1. The van der Waals surface area contributed by atoms with Gasteiger partial charge in [0, 0.05) is 25.3 Å². The number of carbonyl (C=O) groups is 2. The summed E-state index contributed by atoms with van der Waals surface area (Å²) >= 11 is 1.87. The molecule has 1 amide bonds. The number of hydrogen-bond acceptors (Lipinski definition) is 3. The average molecular weight is 257 g/mol. The summed E-state index contributed by atoms with van der Waals surface area (Å²) in [5.74, 6) is 1.33. The molecule has 0 aromatic rings. The largest absolute Gasteiger partial charge is 0.481 e. The van der Waals surface area contributed by atoms with Gasteiger partial charge in [-0.2, -0.15) is 11.8 Å². The van der Waals surface area contributed by atoms with Gasteiger partial charge in [-0.15, -0.1) is 0 Å². The zero-order chi connectivity index (χ0) is 12.3. The maximum atomic E-state index is 12.1. The minimum absolute atomic E-state index is 0.0367. The van der Waals surface area contributed by atoms with E-state index in [1.807, 2.05) is 16.7 Å². The number of carboxylic acid groups (broad SMARTS) is 1. The molecule has 0 spiro atoms. The minimum Gasteiger partial charge on any atom is -0.481 e. The Morgan fingerprint density at radius 2 is 1.94 bits per heavy atom. The third-order valence-electron chi connectivity index (χ3n) is 3.83. The first-order valence-electron chi connectivity index (χ1n) is 6.23. The average Bonchev–Trinajstić information content (AvgIpc) is 2.50. The lowest BCUT2D eigenvalue weighted by molar-refractivity contribution is -0.159. The SMILES string of the molecule is O=C(CC1(C(=O)O)CCC1)N1CCCSCC1. The maximum absolute atomic E-state index is 12.1. The molecule has 1 saturated carbocycles. The van der Waals surface area contributed by atoms with Gasteiger partial charge in [-0.05, 0) is 25.0 Å². The Morgan fingerprint density at radius 1 is 1.18 bits per heavy atom. The van der Waals surface area contributed by atoms with Crippen molar-refractivity contribution in [2.45, 2.75) is 32.1 Å². The van der Waals surface area contributed by atoms with E-state index in [0.717, 1.165) is 37.4 Å². The molecule has 4 nitrogen and oxygen atoms in total. The van der Waals surface area contributed by atoms with E-state index < -0.39 is 11.4 Å². The van der Waals surface area contributed by atoms with E-state index in [-0.39, 0.29) is 12.3 Å². The van der Waals surface area contributed by atoms with E-state index in [2.05, 4.69) is 0 Å². The predicted molar refractivity (Wildman–Crippen MR) is 67.1 cm³/mol. The number of rotatable bonds is 3. The Balaban J connectivity index is 1.93. The molecule has 0 aromatic carbocycles. The summed E-state index contributed by atoms with van der Waals surface area (Å²) in [6.45, 7) is 1.57. The number of carboxylic acids is 1. The normalized spacial score (nSPS) is 23.6. The smallest absolute Gasteiger partial charge is 0.310 e. The van der Waals surface area contributed by atoms with Crippen LogP contribution in [0.1, 0.15) is 32.1 Å². The standard InChI is InChI=1S/C12H19NO3S/c14-10(13-5-2-7-17-8-6-13)9-12(11(15)16)3-1-4-12/h1-9H2,(H,15,16). The van der Waals surface area contributed by atoms with Crippen LogP contribution in [0.15, 0.2) is 0 Å². The van der Waals surface area contributed by atoms with Gasteiger partial charge < -0.3 is 10.0 Å². The predicted octanol–water partition coefficient (Wildman–Crippen LogP) is 1.60. The van der Waals surface area contributed by atoms with Crippen LogP contribution in [0.3, 0.4) is 0 Å². The molecule has 1 N–H and O–H groups in total. The van der Waals surface area contributed by atoms with Crippen LogP contribution >= 0.6 is 11.8 Å². The number of carbonyl (C=O) groups excluding carboxylic acids is 1. The lowest BCUT2D eigenvalue weighted by Gasteiger charge is -2.38. The van der Waals surface area contributed by atoms with Crippen LogP contribution in [0.4, 0.5) is 0 Å². The molecule has 17 heavy (non-hydrogen) atoms. The van der Waals surface area contributed by atoms with Crippen molar-refractivity contribution in [3.05, 3.63) is 0 Å². The van der Waals surface area contributed by atoms with E-state index in [1.165, 1.54) is 0 Å². The molecule has 2 aliphatic rings. The van der Waals surface area contributed by atoms with Gasteiger partial charge in [-0.3, -0.25) is 9.59 Å². The van der Waals surface area contributed by atoms with Crippen LogP contribution in [0.5, 0.6) is 0 Å². The van der Waals surface area contributed by atoms with Gasteiger partial charge in [0.25, 0.3) is 0 Å². The number of nitrogens with zero attached hydrogens (tertiary/aromatic N) is 1. The Labute approximate surface area is 106 Å². The van der Waals surface area contributed by atoms with Crippen molar-refractivity contribution < 1.29 is 14.7 Å². The Bertz CT molecular complexity index is 307. The van der Waals surface area contributed by atoms with Gasteiger partial charge >= 0.3 is 5.97 Å². The fourth-order valence-corrected chi connectivity index (χ4v) is 3.35. The second-order valence-electron chi connectivity index (χ2n) is 4.96. The minimum atomic E-state index is -0.790. The Kier molecular flexibility index (Phi) is 3.97. The van der Waals surface area contributed by atoms with Crippen LogP contribution in [0.25, 0.3) is 0 Å². The highest BCUT2D eigenvalue weighted by Crippen LogP contribution is 2.44. The van der Waals surface area contributed by atoms with Gasteiger partial charge in [0.1, 0.15) is 0 Å². The third-order valence-corrected chi connectivity index (χ3v) is 4.88. The third kappa shape index (κ3) is 2.76. The van der Waals surface area contributed by atoms with Gasteiger partial charge in [0.05, 0.1) is 5.41 Å². The molecule has 0 radical (unpaired) electrons. The molecule has 2 rings (SSSR count). The Hall–Kier alpha value is -0.710. The molecule has 0 aromatic heterocycles. The fourth-order valence-electron chi connectivity index (χ4n) is 2.47. The van der Waals surface area contributed by atoms with Crippen LogP contribution in [-0.2, 0) is 9.59 Å². The first-order valence-corrected chi connectivity index (χ1v) is 7.38. The summed E-state index contributed by atoms with van der Waals surface area (Å²) < 4.78 is 0. The zero-order valence-electron chi connectivity index (χ0n) is 9.98. The summed E-state index contributed by atoms with van der Waals surface area (Å²) in [4.78, 5) is 25.2. The second-order valence-corrected chi connectivity index (χ2v) is 6.19. The first-order chi connectivity index (χ1) is 8.14. The molecule has 96 valence electrons. The second kappa shape index (κ2) is 5.29. The molecule has 1 aliphatic carbocycles. The molecular formula is C12H19NO3S. The highest BCUT2D eigenvalue weighted by Gasteiger charge is 2.46. The lowest BCUT2D eigenvalue weighted by Crippen LogP contribution is -2.44. The molecule has 0 bridgehead atoms. The Morgan fingerprint density at radius 3 is 2.53 bits per heavy atom. The van der Waals surface area contributed by atoms with Crippen LogP contribution in [0.2, 0.25) is 0 Å². The maximum Gasteiger partial charge on any atom is 0.310 e. The van der Waals surface area contributed by atoms with E-state index in [0.29, 0.717) is 12.8 Å². The number of thioether (sulfide) groups is 1. The number of hydrogen-bond donors (Lipinski definition) is 1. The van der Waals surface area contributed by atoms with Crippen molar-refractivity contribution in [2.24, 2.45) is 5.41 Å². The quantitative estimate of drug-likeness (QED) is 0.834. The zero-order valence-corrected chi connectivity index (χ0v) is 10.8. The van der Waals surface area contributed by atoms with E-state index >= 15 is 0 Å². The van der Waals surface area contributed by atoms with Crippen LogP contribution in [-0.4, -0.2) is 46.5 Å². The molecule has 1 saturated heterocycles. The van der Waals surface area contributed by atoms with Crippen molar-refractivity contribution in [1.82, 2.24) is 4.90 Å². The molecule has 2 fully saturated rings. The molecule has 1 heterocycles. The fraction of sp³-hybridized carbons (Fsp3) is 0.833. The highest BCUT2D eigenvalue weighted by molar-refractivity contribution is 7.99. The molecule has 0 unspecified atom stereocenters. The van der Waals surface area contributed by atoms with Crippen molar-refractivity contribution in [2.75, 3.05) is 24.6 Å². The molecule has 1 aliphatic heterocycles. The van der Waals surface area contributed by atoms with Gasteiger partial charge in [0.15, 0.2) is 0 Å². The summed E-state index contributed by atoms with van der Waals surface area (Å²) in [7, 11) is 0. The summed E-state index contributed by atoms with van der Waals surface area (Å²) in [6.07, 6.45) is 3.49. The monoisotopic (exact) mass is 257 g/mol. The van der Waals surface area contributed by atoms with Crippen molar-refractivity contribution in [3.63, 3.8) is 0 Å². The summed E-state index contributed by atoms with van der Waals surface area (Å²) in [5.41, 5.74) is -0.740. The van der Waals surface area contributed by atoms with Crippen LogP contribution in [0, 0.1) is 5.41 Å². The van der Waals surface area contributed by atoms with Crippen molar-refractivity contribution in [3.8, 4) is 0 Å². The first kappa shape index (κ1) is 12.7. The van der Waals surface area contributed by atoms with Crippen molar-refractivity contribution in [1.29, 1.82) is 0 Å². The number of aliphatic carboxylic acids is 1. The van der Waals surface area contributed by atoms with Gasteiger partial charge in [0.2, 0.25) is 5.91 Å². The van der Waals surface area contributed by atoms with E-state index in [1.54, 1.807) is 0 Å². The molecule has 5 heteroatoms. The lowest BCUT2D eigenvalue weighted by atomic mass is 9.66. The summed E-state index contributed by atoms with van der Waals surface area (Å²) in [5, 5.41) is 9.21. The van der Waals surface area contributed by atoms with Gasteiger partial charge in [-0.1, -0.05) is 6.42 Å². The molecular weight excluding hydrogens is 238 g/mol. The molecule has 0 atom stereocenters. The van der Waals surface area contributed by atoms with E-state index in [4.69, 9.17) is 0 Å². The van der Waals surface area contributed by atoms with Gasteiger partial charge in [-0.25, -0.2) is 0 Å². The topological polar surface area (TPSA) is 57.6 Å². The highest BCUT2D eigenvalue weighted by atomic mass is 32.2.